The van der Waals surface area contributed by atoms with Crippen molar-refractivity contribution in [2.24, 2.45) is 4.99 Å². The smallest absolute Gasteiger partial charge is 0.125 e. The van der Waals surface area contributed by atoms with Crippen LogP contribution in [0.5, 0.6) is 0 Å². The molecule has 0 atom stereocenters. The molecule has 4 heteroatoms. The number of anilines is 1. The lowest BCUT2D eigenvalue weighted by Crippen LogP contribution is -2.52. The number of hydrogen-bond donors (Lipinski definition) is 0. The fraction of sp³-hybridized carbons (Fsp3) is 0.458. The van der Waals surface area contributed by atoms with Crippen LogP contribution < -0.4 is 4.90 Å². The summed E-state index contributed by atoms with van der Waals surface area (Å²) >= 11 is 0. The van der Waals surface area contributed by atoms with Crippen molar-refractivity contribution in [3.05, 3.63) is 59.2 Å². The zero-order valence-corrected chi connectivity index (χ0v) is 17.1. The molecule has 0 radical (unpaired) electrons. The van der Waals surface area contributed by atoms with Gasteiger partial charge in [-0.1, -0.05) is 30.3 Å². The van der Waals surface area contributed by atoms with E-state index >= 15 is 0 Å². The van der Waals surface area contributed by atoms with Crippen molar-refractivity contribution >= 4 is 17.2 Å². The van der Waals surface area contributed by atoms with Gasteiger partial charge in [-0.2, -0.15) is 0 Å². The molecule has 2 aliphatic heterocycles. The Hall–Kier alpha value is -2.33. The Balaban J connectivity index is 1.27. The summed E-state index contributed by atoms with van der Waals surface area (Å²) in [4.78, 5) is 12.7. The number of para-hydroxylation sites is 2. The Morgan fingerprint density at radius 2 is 1.71 bits per heavy atom. The van der Waals surface area contributed by atoms with Crippen molar-refractivity contribution in [1.82, 2.24) is 9.80 Å². The number of rotatable bonds is 3. The molecule has 2 aromatic carbocycles. The fourth-order valence-corrected chi connectivity index (χ4v) is 4.48. The second-order valence-corrected chi connectivity index (χ2v) is 8.50. The van der Waals surface area contributed by atoms with Gasteiger partial charge in [0.25, 0.3) is 0 Å². The lowest BCUT2D eigenvalue weighted by Gasteiger charge is -2.40. The highest BCUT2D eigenvalue weighted by molar-refractivity contribution is 5.94. The van der Waals surface area contributed by atoms with E-state index in [1.54, 1.807) is 0 Å². The minimum atomic E-state index is 0.720. The Labute approximate surface area is 168 Å². The van der Waals surface area contributed by atoms with Crippen LogP contribution in [0.2, 0.25) is 0 Å². The summed E-state index contributed by atoms with van der Waals surface area (Å²) in [5.41, 5.74) is 6.78. The maximum absolute atomic E-state index is 5.05. The van der Waals surface area contributed by atoms with Crippen molar-refractivity contribution in [3.63, 3.8) is 0 Å². The third-order valence-electron chi connectivity index (χ3n) is 6.59. The average Bonchev–Trinajstić information content (AvgIpc) is 3.56. The first-order valence-electron chi connectivity index (χ1n) is 10.6. The molecule has 1 aliphatic carbocycles. The Bertz CT molecular complexity index is 891. The highest BCUT2D eigenvalue weighted by Gasteiger charge is 2.34. The van der Waals surface area contributed by atoms with E-state index < -0.39 is 0 Å². The van der Waals surface area contributed by atoms with Crippen LogP contribution in [-0.4, -0.2) is 54.4 Å². The van der Waals surface area contributed by atoms with Crippen molar-refractivity contribution in [2.75, 3.05) is 37.6 Å². The van der Waals surface area contributed by atoms with E-state index in [-0.39, 0.29) is 0 Å². The Morgan fingerprint density at radius 3 is 2.50 bits per heavy atom. The highest BCUT2D eigenvalue weighted by Crippen LogP contribution is 2.39. The molecule has 2 aromatic rings. The minimum absolute atomic E-state index is 0.720. The summed E-state index contributed by atoms with van der Waals surface area (Å²) < 4.78 is 0. The molecule has 0 aromatic heterocycles. The number of aliphatic imine (C=N–C) groups is 1. The molecule has 2 heterocycles. The second kappa shape index (κ2) is 7.25. The molecule has 0 N–H and O–H groups in total. The Morgan fingerprint density at radius 1 is 0.929 bits per heavy atom. The quantitative estimate of drug-likeness (QED) is 0.806. The topological polar surface area (TPSA) is 22.1 Å². The van der Waals surface area contributed by atoms with E-state index in [2.05, 4.69) is 71.0 Å². The molecular formula is C24H30N4. The average molecular weight is 375 g/mol. The first kappa shape index (κ1) is 17.7. The molecule has 28 heavy (non-hydrogen) atoms. The van der Waals surface area contributed by atoms with E-state index in [4.69, 9.17) is 4.99 Å². The van der Waals surface area contributed by atoms with Crippen LogP contribution in [0.15, 0.2) is 47.5 Å². The molecule has 4 nitrogen and oxygen atoms in total. The Kier molecular flexibility index (Phi) is 4.59. The molecule has 2 fully saturated rings. The van der Waals surface area contributed by atoms with Crippen LogP contribution in [0, 0.1) is 13.8 Å². The highest BCUT2D eigenvalue weighted by atomic mass is 15.3. The van der Waals surface area contributed by atoms with Crippen molar-refractivity contribution < 1.29 is 0 Å². The molecule has 1 saturated heterocycles. The minimum Gasteiger partial charge on any atom is -0.359 e. The number of fused-ring (bicyclic) bond motifs is 1. The van der Waals surface area contributed by atoms with Crippen molar-refractivity contribution in [2.45, 2.75) is 39.3 Å². The molecule has 1 saturated carbocycles. The van der Waals surface area contributed by atoms with Gasteiger partial charge in [0.1, 0.15) is 5.84 Å². The van der Waals surface area contributed by atoms with Gasteiger partial charge in [-0.15, -0.1) is 0 Å². The number of nitrogens with zero attached hydrogens (tertiary/aromatic N) is 4. The molecule has 0 bridgehead atoms. The summed E-state index contributed by atoms with van der Waals surface area (Å²) in [6.45, 7) is 10.9. The molecular weight excluding hydrogens is 344 g/mol. The predicted octanol–water partition coefficient (Wildman–Crippen LogP) is 4.13. The van der Waals surface area contributed by atoms with Gasteiger partial charge in [0, 0.05) is 38.8 Å². The van der Waals surface area contributed by atoms with Gasteiger partial charge in [0.2, 0.25) is 0 Å². The molecule has 0 amide bonds. The van der Waals surface area contributed by atoms with E-state index in [9.17, 15) is 0 Å². The number of amidine groups is 1. The summed E-state index contributed by atoms with van der Waals surface area (Å²) in [6, 6.07) is 16.0. The van der Waals surface area contributed by atoms with Crippen LogP contribution >= 0.6 is 0 Å². The van der Waals surface area contributed by atoms with Gasteiger partial charge in [-0.3, -0.25) is 4.90 Å². The van der Waals surface area contributed by atoms with E-state index in [1.165, 1.54) is 41.1 Å². The van der Waals surface area contributed by atoms with E-state index in [0.717, 1.165) is 51.0 Å². The SMILES string of the molecule is Cc1cccc(CN2CCN(C3=Nc4ccccc4N(C4CC4)C3)CC2)c1C. The van der Waals surface area contributed by atoms with Gasteiger partial charge in [0.05, 0.1) is 17.9 Å². The van der Waals surface area contributed by atoms with Crippen LogP contribution in [-0.2, 0) is 6.54 Å². The fourth-order valence-electron chi connectivity index (χ4n) is 4.48. The van der Waals surface area contributed by atoms with Crippen molar-refractivity contribution in [1.29, 1.82) is 0 Å². The van der Waals surface area contributed by atoms with Crippen LogP contribution in [0.4, 0.5) is 11.4 Å². The van der Waals surface area contributed by atoms with Crippen molar-refractivity contribution in [3.8, 4) is 0 Å². The first-order chi connectivity index (χ1) is 13.7. The van der Waals surface area contributed by atoms with Crippen LogP contribution in [0.25, 0.3) is 0 Å². The van der Waals surface area contributed by atoms with Gasteiger partial charge in [-0.05, 0) is 55.5 Å². The maximum Gasteiger partial charge on any atom is 0.125 e. The molecule has 0 spiro atoms. The first-order valence-corrected chi connectivity index (χ1v) is 10.6. The third kappa shape index (κ3) is 3.42. The van der Waals surface area contributed by atoms with E-state index in [1.807, 2.05) is 0 Å². The maximum atomic E-state index is 5.05. The number of aryl methyl sites for hydroxylation is 1. The summed E-state index contributed by atoms with van der Waals surface area (Å²) in [7, 11) is 0. The zero-order chi connectivity index (χ0) is 19.1. The lowest BCUT2D eigenvalue weighted by atomic mass is 10.0. The molecule has 5 rings (SSSR count). The lowest BCUT2D eigenvalue weighted by molar-refractivity contribution is 0.174. The number of hydrogen-bond acceptors (Lipinski definition) is 4. The molecule has 3 aliphatic rings. The predicted molar refractivity (Wildman–Crippen MR) is 117 cm³/mol. The van der Waals surface area contributed by atoms with Gasteiger partial charge in [0.15, 0.2) is 0 Å². The standard InChI is InChI=1S/C24H30N4/c1-18-6-5-7-20(19(18)2)16-26-12-14-27(15-13-26)24-17-28(21-10-11-21)23-9-4-3-8-22(23)25-24/h3-9,21H,10-17H2,1-2H3. The van der Waals surface area contributed by atoms with Gasteiger partial charge < -0.3 is 9.80 Å². The van der Waals surface area contributed by atoms with E-state index in [0.29, 0.717) is 0 Å². The monoisotopic (exact) mass is 374 g/mol. The third-order valence-corrected chi connectivity index (χ3v) is 6.59. The number of piperazine rings is 1. The second-order valence-electron chi connectivity index (χ2n) is 8.50. The van der Waals surface area contributed by atoms with Gasteiger partial charge >= 0.3 is 0 Å². The zero-order valence-electron chi connectivity index (χ0n) is 17.1. The number of benzene rings is 2. The summed E-state index contributed by atoms with van der Waals surface area (Å²) in [6.07, 6.45) is 2.65. The van der Waals surface area contributed by atoms with Gasteiger partial charge in [-0.25, -0.2) is 4.99 Å². The van der Waals surface area contributed by atoms with Crippen LogP contribution in [0.1, 0.15) is 29.5 Å². The molecule has 146 valence electrons. The largest absolute Gasteiger partial charge is 0.359 e. The molecule has 0 unspecified atom stereocenters. The summed E-state index contributed by atoms with van der Waals surface area (Å²) in [5.74, 6) is 1.26. The van der Waals surface area contributed by atoms with Crippen LogP contribution in [0.3, 0.4) is 0 Å². The normalized spacial score (nSPS) is 20.1. The summed E-state index contributed by atoms with van der Waals surface area (Å²) in [5, 5.41) is 0.